The second-order valence-electron chi connectivity index (χ2n) is 19.8. The van der Waals surface area contributed by atoms with Crippen molar-refractivity contribution in [1.82, 2.24) is 0 Å². The number of carbonyl (C=O) groups excluding carboxylic acids is 3. The highest BCUT2D eigenvalue weighted by atomic mass is 16.6. The Kier molecular flexibility index (Phi) is 58.9. The van der Waals surface area contributed by atoms with Crippen molar-refractivity contribution in [2.45, 2.75) is 264 Å². The summed E-state index contributed by atoms with van der Waals surface area (Å²) in [5, 5.41) is 0. The molecular weight excluding hydrogens is 937 g/mol. The molecule has 0 aromatic rings. The molecule has 0 saturated heterocycles. The average Bonchev–Trinajstić information content (AvgIpc) is 3.42. The van der Waals surface area contributed by atoms with E-state index in [1.54, 1.807) is 0 Å². The van der Waals surface area contributed by atoms with Gasteiger partial charge in [0.2, 0.25) is 0 Å². The summed E-state index contributed by atoms with van der Waals surface area (Å²) in [6, 6.07) is 0. The molecule has 428 valence electrons. The van der Waals surface area contributed by atoms with Crippen molar-refractivity contribution >= 4 is 17.9 Å². The predicted molar refractivity (Wildman–Crippen MR) is 329 cm³/mol. The number of carbonyl (C=O) groups is 3. The van der Waals surface area contributed by atoms with Gasteiger partial charge in [-0.05, 0) is 122 Å². The summed E-state index contributed by atoms with van der Waals surface area (Å²) < 4.78 is 16.7. The lowest BCUT2D eigenvalue weighted by atomic mass is 10.0. The van der Waals surface area contributed by atoms with Gasteiger partial charge in [0.25, 0.3) is 0 Å². The van der Waals surface area contributed by atoms with Gasteiger partial charge in [-0.2, -0.15) is 0 Å². The Morgan fingerprint density at radius 1 is 0.276 bits per heavy atom. The molecule has 0 saturated carbocycles. The first kappa shape index (κ1) is 71.3. The molecule has 0 aliphatic rings. The molecule has 0 aromatic carbocycles. The van der Waals surface area contributed by atoms with Crippen molar-refractivity contribution in [3.8, 4) is 0 Å². The number of hydrogen-bond donors (Lipinski definition) is 0. The van der Waals surface area contributed by atoms with Crippen LogP contribution < -0.4 is 0 Å². The minimum atomic E-state index is -0.823. The maximum Gasteiger partial charge on any atom is 0.306 e. The summed E-state index contributed by atoms with van der Waals surface area (Å²) in [6.45, 7) is 6.27. The Balaban J connectivity index is 4.15. The molecule has 1 atom stereocenters. The van der Waals surface area contributed by atoms with Crippen LogP contribution >= 0.6 is 0 Å². The van der Waals surface area contributed by atoms with Crippen LogP contribution in [0.15, 0.2) is 146 Å². The summed E-state index contributed by atoms with van der Waals surface area (Å²) in [5.74, 6) is -1.01. The Labute approximate surface area is 467 Å². The fraction of sp³-hybridized carbons (Fsp3) is 0.614. The van der Waals surface area contributed by atoms with Crippen LogP contribution in [-0.2, 0) is 28.6 Å². The monoisotopic (exact) mass is 1050 g/mol. The van der Waals surface area contributed by atoms with Crippen LogP contribution in [0, 0.1) is 0 Å². The number of ether oxygens (including phenoxy) is 3. The van der Waals surface area contributed by atoms with E-state index in [0.29, 0.717) is 19.3 Å². The molecule has 0 heterocycles. The zero-order valence-corrected chi connectivity index (χ0v) is 49.0. The molecule has 76 heavy (non-hydrogen) atoms. The number of unbranched alkanes of at least 4 members (excludes halogenated alkanes) is 19. The largest absolute Gasteiger partial charge is 0.462 e. The molecule has 0 spiro atoms. The Morgan fingerprint density at radius 2 is 0.539 bits per heavy atom. The molecule has 6 heteroatoms. The van der Waals surface area contributed by atoms with Crippen molar-refractivity contribution in [2.75, 3.05) is 13.2 Å². The lowest BCUT2D eigenvalue weighted by Gasteiger charge is -2.18. The van der Waals surface area contributed by atoms with Gasteiger partial charge in [0.05, 0.1) is 0 Å². The minimum absolute atomic E-state index is 0.113. The minimum Gasteiger partial charge on any atom is -0.462 e. The molecule has 0 aromatic heterocycles. The summed E-state index contributed by atoms with van der Waals surface area (Å²) in [5.41, 5.74) is 0. The van der Waals surface area contributed by atoms with Gasteiger partial charge in [0, 0.05) is 19.3 Å². The number of esters is 3. The van der Waals surface area contributed by atoms with Gasteiger partial charge >= 0.3 is 17.9 Å². The van der Waals surface area contributed by atoms with E-state index in [1.165, 1.54) is 83.5 Å². The van der Waals surface area contributed by atoms with E-state index in [1.807, 2.05) is 12.2 Å². The summed E-state index contributed by atoms with van der Waals surface area (Å²) in [6.07, 6.45) is 90.3. The van der Waals surface area contributed by atoms with E-state index in [0.717, 1.165) is 128 Å². The molecule has 0 aliphatic carbocycles. The summed E-state index contributed by atoms with van der Waals surface area (Å²) >= 11 is 0. The van der Waals surface area contributed by atoms with Crippen LogP contribution in [0.5, 0.6) is 0 Å². The van der Waals surface area contributed by atoms with E-state index in [-0.39, 0.29) is 31.6 Å². The Hall–Kier alpha value is -4.71. The van der Waals surface area contributed by atoms with Gasteiger partial charge < -0.3 is 14.2 Å². The molecule has 0 bridgehead atoms. The highest BCUT2D eigenvalue weighted by Gasteiger charge is 2.19. The van der Waals surface area contributed by atoms with Gasteiger partial charge in [-0.3, -0.25) is 14.4 Å². The standard InChI is InChI=1S/C70H112O6/c1-4-7-10-13-16-19-22-24-25-26-27-28-29-30-31-32-33-34-35-36-37-38-39-40-41-42-43-44-45-47-48-51-54-57-60-63-69(72)75-66-67(65-74-68(71)62-59-56-53-50-21-18-15-12-9-6-3)76-70(73)64-61-58-55-52-49-46-23-20-17-14-11-8-5-2/h7-8,10-12,15-17,19-20,24-25,27-28,30-31,33-34,36-37,46,49,55,58,67H,4-6,9,13-14,18,21-23,26,29,32,35,38-45,47-48,50-54,56-57,59-66H2,1-3H3/b10-7-,11-8-,15-12-,19-16-,20-17-,25-24-,28-27-,31-30-,34-33-,37-36-,49-46-,58-55-. The van der Waals surface area contributed by atoms with E-state index < -0.39 is 12.1 Å². The number of hydrogen-bond acceptors (Lipinski definition) is 6. The molecule has 0 fully saturated rings. The first-order valence-electron chi connectivity index (χ1n) is 30.8. The summed E-state index contributed by atoms with van der Waals surface area (Å²) in [7, 11) is 0. The quantitative estimate of drug-likeness (QED) is 0.0261. The van der Waals surface area contributed by atoms with Crippen LogP contribution in [0.4, 0.5) is 0 Å². The normalized spacial score (nSPS) is 13.1. The zero-order chi connectivity index (χ0) is 55.0. The molecule has 6 nitrogen and oxygen atoms in total. The van der Waals surface area contributed by atoms with E-state index >= 15 is 0 Å². The first-order chi connectivity index (χ1) is 37.5. The Bertz CT molecular complexity index is 1680. The third-order valence-corrected chi connectivity index (χ3v) is 12.6. The van der Waals surface area contributed by atoms with Crippen LogP contribution in [0.25, 0.3) is 0 Å². The van der Waals surface area contributed by atoms with Gasteiger partial charge in [-0.1, -0.05) is 263 Å². The third-order valence-electron chi connectivity index (χ3n) is 12.6. The smallest absolute Gasteiger partial charge is 0.306 e. The maximum absolute atomic E-state index is 12.8. The van der Waals surface area contributed by atoms with Crippen molar-refractivity contribution in [3.05, 3.63) is 146 Å². The van der Waals surface area contributed by atoms with Crippen LogP contribution in [0.2, 0.25) is 0 Å². The highest BCUT2D eigenvalue weighted by Crippen LogP contribution is 2.15. The van der Waals surface area contributed by atoms with Gasteiger partial charge in [-0.25, -0.2) is 0 Å². The predicted octanol–water partition coefficient (Wildman–Crippen LogP) is 21.2. The second-order valence-corrected chi connectivity index (χ2v) is 19.8. The lowest BCUT2D eigenvalue weighted by Crippen LogP contribution is -2.30. The number of rotatable bonds is 54. The lowest BCUT2D eigenvalue weighted by molar-refractivity contribution is -0.166. The number of allylic oxidation sites excluding steroid dienone is 24. The highest BCUT2D eigenvalue weighted by molar-refractivity contribution is 5.71. The molecular formula is C70H112O6. The van der Waals surface area contributed by atoms with Crippen molar-refractivity contribution in [3.63, 3.8) is 0 Å². The van der Waals surface area contributed by atoms with Crippen molar-refractivity contribution in [1.29, 1.82) is 0 Å². The molecule has 1 unspecified atom stereocenters. The van der Waals surface area contributed by atoms with Crippen LogP contribution in [-0.4, -0.2) is 37.2 Å². The maximum atomic E-state index is 12.8. The van der Waals surface area contributed by atoms with Crippen molar-refractivity contribution in [2.24, 2.45) is 0 Å². The molecule has 0 N–H and O–H groups in total. The molecule has 0 radical (unpaired) electrons. The molecule has 0 aliphatic heterocycles. The first-order valence-corrected chi connectivity index (χ1v) is 30.8. The fourth-order valence-corrected chi connectivity index (χ4v) is 8.03. The SMILES string of the molecule is CC/C=C\C/C=C\C/C=C\C/C=C\C/C=C\C/C=C\C/C=C\CCCCCCCCCCCCCCCC(=O)OCC(COC(=O)CCCCCCC/C=C\CCC)OC(=O)CC/C=C\C/C=C\C/C=C\C/C=C\CC. The van der Waals surface area contributed by atoms with Gasteiger partial charge in [0.1, 0.15) is 13.2 Å². The van der Waals surface area contributed by atoms with E-state index in [9.17, 15) is 14.4 Å². The summed E-state index contributed by atoms with van der Waals surface area (Å²) in [4.78, 5) is 38.0. The Morgan fingerprint density at radius 3 is 0.868 bits per heavy atom. The molecule has 0 rings (SSSR count). The van der Waals surface area contributed by atoms with Crippen LogP contribution in [0.3, 0.4) is 0 Å². The second kappa shape index (κ2) is 62.8. The third kappa shape index (κ3) is 60.2. The van der Waals surface area contributed by atoms with Crippen LogP contribution in [0.1, 0.15) is 258 Å². The fourth-order valence-electron chi connectivity index (χ4n) is 8.03. The molecule has 0 amide bonds. The van der Waals surface area contributed by atoms with E-state index in [2.05, 4.69) is 154 Å². The van der Waals surface area contributed by atoms with E-state index in [4.69, 9.17) is 14.2 Å². The van der Waals surface area contributed by atoms with Crippen molar-refractivity contribution < 1.29 is 28.6 Å². The van der Waals surface area contributed by atoms with Gasteiger partial charge in [0.15, 0.2) is 6.10 Å². The van der Waals surface area contributed by atoms with Gasteiger partial charge in [-0.15, -0.1) is 0 Å². The average molecular weight is 1050 g/mol. The topological polar surface area (TPSA) is 78.9 Å². The zero-order valence-electron chi connectivity index (χ0n) is 49.0.